The van der Waals surface area contributed by atoms with Crippen LogP contribution >= 0.6 is 0 Å². The van der Waals surface area contributed by atoms with Gasteiger partial charge >= 0.3 is 12.1 Å². The molecule has 0 bridgehead atoms. The molecule has 0 aliphatic carbocycles. The smallest absolute Gasteiger partial charge is 0.408 e. The van der Waals surface area contributed by atoms with Crippen LogP contribution in [0, 0.1) is 0 Å². The molecule has 9 nitrogen and oxygen atoms in total. The molecule has 1 aliphatic heterocycles. The number of nitrogens with zero attached hydrogens (tertiary/aromatic N) is 1. The second-order valence-electron chi connectivity index (χ2n) is 5.80. The molecule has 0 saturated carbocycles. The summed E-state index contributed by atoms with van der Waals surface area (Å²) in [4.78, 5) is 40.8. The van der Waals surface area contributed by atoms with Crippen molar-refractivity contribution in [3.8, 4) is 0 Å². The SMILES string of the molecule is [B]C1=NOC(CNC(=O)C[C@H](NC(=O)OCc2ccccc2)C(=O)OC)C1. The van der Waals surface area contributed by atoms with Gasteiger partial charge in [0.2, 0.25) is 5.91 Å². The molecule has 2 atom stereocenters. The van der Waals surface area contributed by atoms with E-state index in [-0.39, 0.29) is 25.7 Å². The summed E-state index contributed by atoms with van der Waals surface area (Å²) in [6.07, 6.45) is -1.09. The van der Waals surface area contributed by atoms with Crippen LogP contribution in [0.25, 0.3) is 0 Å². The molecule has 1 unspecified atom stereocenters. The number of hydrogen-bond acceptors (Lipinski definition) is 7. The second-order valence-corrected chi connectivity index (χ2v) is 5.80. The van der Waals surface area contributed by atoms with Gasteiger partial charge in [-0.3, -0.25) is 4.79 Å². The van der Waals surface area contributed by atoms with Crippen LogP contribution < -0.4 is 10.6 Å². The average Bonchev–Trinajstić information content (AvgIpc) is 3.09. The van der Waals surface area contributed by atoms with Crippen molar-refractivity contribution in [2.45, 2.75) is 31.6 Å². The molecule has 0 aromatic heterocycles. The third-order valence-corrected chi connectivity index (χ3v) is 3.66. The lowest BCUT2D eigenvalue weighted by atomic mass is 9.96. The Morgan fingerprint density at radius 3 is 2.70 bits per heavy atom. The maximum Gasteiger partial charge on any atom is 0.408 e. The highest BCUT2D eigenvalue weighted by Crippen LogP contribution is 2.07. The normalized spacial score (nSPS) is 16.5. The highest BCUT2D eigenvalue weighted by molar-refractivity contribution is 6.59. The van der Waals surface area contributed by atoms with E-state index in [0.717, 1.165) is 12.7 Å². The molecule has 0 fully saturated rings. The van der Waals surface area contributed by atoms with Crippen molar-refractivity contribution in [1.82, 2.24) is 10.6 Å². The number of alkyl carbamates (subject to hydrolysis) is 1. The van der Waals surface area contributed by atoms with Crippen molar-refractivity contribution < 1.29 is 28.7 Å². The summed E-state index contributed by atoms with van der Waals surface area (Å²) >= 11 is 0. The lowest BCUT2D eigenvalue weighted by Crippen LogP contribution is -2.45. The summed E-state index contributed by atoms with van der Waals surface area (Å²) in [6, 6.07) is 7.87. The van der Waals surface area contributed by atoms with Crippen LogP contribution in [0.15, 0.2) is 35.5 Å². The van der Waals surface area contributed by atoms with Crippen LogP contribution in [-0.4, -0.2) is 57.2 Å². The van der Waals surface area contributed by atoms with E-state index in [2.05, 4.69) is 20.5 Å². The molecule has 2 rings (SSSR count). The molecule has 142 valence electrons. The zero-order chi connectivity index (χ0) is 19.6. The minimum atomic E-state index is -1.18. The van der Waals surface area contributed by atoms with Gasteiger partial charge in [-0.15, -0.1) is 5.16 Å². The lowest BCUT2D eigenvalue weighted by molar-refractivity contribution is -0.144. The van der Waals surface area contributed by atoms with Gasteiger partial charge in [0.15, 0.2) is 0 Å². The standard InChI is InChI=1S/C17H20BN3O6/c1-25-16(23)13(8-15(22)19-9-12-7-14(18)21-27-12)20-17(24)26-10-11-5-3-2-4-6-11/h2-6,12-13H,7-10H2,1H3,(H,19,22)(H,20,24)/t12?,13-/m0/s1. The number of rotatable bonds is 8. The largest absolute Gasteiger partial charge is 0.467 e. The van der Waals surface area contributed by atoms with Crippen molar-refractivity contribution >= 4 is 31.4 Å². The first-order chi connectivity index (χ1) is 13.0. The third kappa shape index (κ3) is 7.00. The second kappa shape index (κ2) is 10.2. The fourth-order valence-electron chi connectivity index (χ4n) is 2.29. The number of methoxy groups -OCH3 is 1. The molecule has 0 saturated heterocycles. The summed E-state index contributed by atoms with van der Waals surface area (Å²) in [5.41, 5.74) is 1.14. The summed E-state index contributed by atoms with van der Waals surface area (Å²) < 4.78 is 9.67. The first kappa shape index (κ1) is 20.3. The number of benzene rings is 1. The van der Waals surface area contributed by atoms with E-state index >= 15 is 0 Å². The molecule has 2 N–H and O–H groups in total. The predicted octanol–water partition coefficient (Wildman–Crippen LogP) is 0.232. The van der Waals surface area contributed by atoms with Crippen molar-refractivity contribution in [1.29, 1.82) is 0 Å². The van der Waals surface area contributed by atoms with Crippen LogP contribution in [0.3, 0.4) is 0 Å². The van der Waals surface area contributed by atoms with Gasteiger partial charge in [-0.2, -0.15) is 0 Å². The lowest BCUT2D eigenvalue weighted by Gasteiger charge is -2.17. The molecule has 10 heteroatoms. The molecule has 0 spiro atoms. The molecule has 27 heavy (non-hydrogen) atoms. The first-order valence-electron chi connectivity index (χ1n) is 8.28. The van der Waals surface area contributed by atoms with E-state index in [1.807, 2.05) is 18.2 Å². The predicted molar refractivity (Wildman–Crippen MR) is 95.9 cm³/mol. The number of ether oxygens (including phenoxy) is 2. The number of esters is 1. The van der Waals surface area contributed by atoms with Gasteiger partial charge in [0, 0.05) is 12.0 Å². The van der Waals surface area contributed by atoms with Crippen LogP contribution in [0.2, 0.25) is 0 Å². The summed E-state index contributed by atoms with van der Waals surface area (Å²) in [5.74, 6) is -1.23. The molecular formula is C17H20BN3O6. The first-order valence-corrected chi connectivity index (χ1v) is 8.28. The minimum absolute atomic E-state index is 0.0349. The number of oxime groups is 1. The van der Waals surface area contributed by atoms with E-state index in [0.29, 0.717) is 12.0 Å². The number of hydrogen-bond donors (Lipinski definition) is 2. The zero-order valence-corrected chi connectivity index (χ0v) is 14.8. The monoisotopic (exact) mass is 373 g/mol. The van der Waals surface area contributed by atoms with Crippen LogP contribution in [-0.2, 0) is 30.5 Å². The Balaban J connectivity index is 1.78. The number of carbonyl (C=O) groups is 3. The highest BCUT2D eigenvalue weighted by Gasteiger charge is 2.26. The zero-order valence-electron chi connectivity index (χ0n) is 14.8. The van der Waals surface area contributed by atoms with Gasteiger partial charge in [-0.25, -0.2) is 9.59 Å². The van der Waals surface area contributed by atoms with Gasteiger partial charge in [0.25, 0.3) is 0 Å². The molecule has 1 heterocycles. The third-order valence-electron chi connectivity index (χ3n) is 3.66. The maximum absolute atomic E-state index is 12.0. The van der Waals surface area contributed by atoms with Gasteiger partial charge in [0.1, 0.15) is 26.6 Å². The van der Waals surface area contributed by atoms with Gasteiger partial charge in [-0.05, 0) is 5.56 Å². The Morgan fingerprint density at radius 1 is 1.33 bits per heavy atom. The summed E-state index contributed by atoms with van der Waals surface area (Å²) in [5, 5.41) is 8.50. The van der Waals surface area contributed by atoms with Crippen molar-refractivity contribution in [3.05, 3.63) is 35.9 Å². The molecule has 2 amide bonds. The summed E-state index contributed by atoms with van der Waals surface area (Å²) in [7, 11) is 6.65. The Morgan fingerprint density at radius 2 is 2.07 bits per heavy atom. The molecule has 1 aromatic carbocycles. The number of amides is 2. The number of carbonyl (C=O) groups excluding carboxylic acids is 3. The quantitative estimate of drug-likeness (QED) is 0.498. The van der Waals surface area contributed by atoms with Crippen molar-refractivity contribution in [2.75, 3.05) is 13.7 Å². The van der Waals surface area contributed by atoms with E-state index in [4.69, 9.17) is 17.4 Å². The maximum atomic E-state index is 12.0. The van der Waals surface area contributed by atoms with Crippen LogP contribution in [0.1, 0.15) is 18.4 Å². The average molecular weight is 373 g/mol. The van der Waals surface area contributed by atoms with Crippen molar-refractivity contribution in [2.24, 2.45) is 5.16 Å². The fraction of sp³-hybridized carbons (Fsp3) is 0.412. The summed E-state index contributed by atoms with van der Waals surface area (Å²) in [6.45, 7) is 0.211. The van der Waals surface area contributed by atoms with Gasteiger partial charge in [0.05, 0.1) is 20.1 Å². The Bertz CT molecular complexity index is 697. The molecular weight excluding hydrogens is 353 g/mol. The highest BCUT2D eigenvalue weighted by atomic mass is 16.6. The van der Waals surface area contributed by atoms with Gasteiger partial charge in [-0.1, -0.05) is 30.3 Å². The topological polar surface area (TPSA) is 115 Å². The molecule has 1 aliphatic rings. The van der Waals surface area contributed by atoms with Crippen LogP contribution in [0.5, 0.6) is 0 Å². The Labute approximate surface area is 157 Å². The van der Waals surface area contributed by atoms with Crippen LogP contribution in [0.4, 0.5) is 4.79 Å². The Kier molecular flexibility index (Phi) is 7.66. The number of nitrogens with one attached hydrogen (secondary N) is 2. The van der Waals surface area contributed by atoms with Crippen molar-refractivity contribution in [3.63, 3.8) is 0 Å². The van der Waals surface area contributed by atoms with E-state index in [1.54, 1.807) is 12.1 Å². The Hall–Kier alpha value is -3.04. The van der Waals surface area contributed by atoms with E-state index in [1.165, 1.54) is 0 Å². The molecule has 2 radical (unpaired) electrons. The van der Waals surface area contributed by atoms with Gasteiger partial charge < -0.3 is 24.9 Å². The minimum Gasteiger partial charge on any atom is -0.467 e. The van der Waals surface area contributed by atoms with E-state index < -0.39 is 24.0 Å². The fourth-order valence-corrected chi connectivity index (χ4v) is 2.29. The van der Waals surface area contributed by atoms with E-state index in [9.17, 15) is 14.4 Å². The molecule has 1 aromatic rings.